The lowest BCUT2D eigenvalue weighted by Crippen LogP contribution is -2.31. The quantitative estimate of drug-likeness (QED) is 0.605. The predicted molar refractivity (Wildman–Crippen MR) is 82.6 cm³/mol. The summed E-state index contributed by atoms with van der Waals surface area (Å²) in [7, 11) is 0. The number of aromatic nitrogens is 2. The third-order valence-corrected chi connectivity index (χ3v) is 3.70. The van der Waals surface area contributed by atoms with Crippen LogP contribution in [0.5, 0.6) is 0 Å². The van der Waals surface area contributed by atoms with E-state index in [4.69, 9.17) is 11.6 Å². The lowest BCUT2D eigenvalue weighted by atomic mass is 10.1. The third-order valence-electron chi connectivity index (χ3n) is 3.46. The average Bonchev–Trinajstić information content (AvgIpc) is 3.04. The number of hydrogen-bond donors (Lipinski definition) is 4. The molecule has 1 aromatic carbocycles. The number of nitrogens with one attached hydrogen (secondary N) is 4. The van der Waals surface area contributed by atoms with Crippen molar-refractivity contribution in [3.8, 4) is 0 Å². The number of carbonyl (C=O) groups is 3. The van der Waals surface area contributed by atoms with Gasteiger partial charge in [0.15, 0.2) is 0 Å². The maximum atomic E-state index is 11.8. The number of H-pyrrole nitrogens is 1. The highest BCUT2D eigenvalue weighted by Crippen LogP contribution is 2.17. The Morgan fingerprint density at radius 1 is 1.35 bits per heavy atom. The fourth-order valence-electron chi connectivity index (χ4n) is 2.33. The number of fused-ring (bicyclic) bond motifs is 1. The van der Waals surface area contributed by atoms with E-state index < -0.39 is 18.0 Å². The molecule has 2 aromatic rings. The smallest absolute Gasteiger partial charge is 0.322 e. The molecule has 0 unspecified atom stereocenters. The SMILES string of the molecule is O=C(CC[C@@H]1NC(=O)NC1=O)NCc1nc2ccc(Cl)cc2[nH]1. The molecule has 8 nitrogen and oxygen atoms in total. The molecule has 0 saturated carbocycles. The summed E-state index contributed by atoms with van der Waals surface area (Å²) in [5, 5.41) is 7.89. The molecule has 9 heteroatoms. The number of imidazole rings is 1. The molecule has 23 heavy (non-hydrogen) atoms. The van der Waals surface area contributed by atoms with E-state index in [2.05, 4.69) is 25.9 Å². The first-order chi connectivity index (χ1) is 11.0. The average molecular weight is 336 g/mol. The van der Waals surface area contributed by atoms with Crippen LogP contribution in [0.1, 0.15) is 18.7 Å². The van der Waals surface area contributed by atoms with Gasteiger partial charge in [-0.05, 0) is 24.6 Å². The van der Waals surface area contributed by atoms with Crippen molar-refractivity contribution in [2.24, 2.45) is 0 Å². The number of hydrogen-bond acceptors (Lipinski definition) is 4. The van der Waals surface area contributed by atoms with Gasteiger partial charge in [0.05, 0.1) is 17.6 Å². The highest BCUT2D eigenvalue weighted by atomic mass is 35.5. The van der Waals surface area contributed by atoms with Gasteiger partial charge in [-0.1, -0.05) is 11.6 Å². The maximum Gasteiger partial charge on any atom is 0.322 e. The van der Waals surface area contributed by atoms with Crippen LogP contribution < -0.4 is 16.0 Å². The summed E-state index contributed by atoms with van der Waals surface area (Å²) in [6, 6.07) is 4.12. The van der Waals surface area contributed by atoms with Crippen molar-refractivity contribution in [3.63, 3.8) is 0 Å². The Balaban J connectivity index is 1.50. The van der Waals surface area contributed by atoms with Crippen LogP contribution in [0.25, 0.3) is 11.0 Å². The molecule has 3 rings (SSSR count). The lowest BCUT2D eigenvalue weighted by Gasteiger charge is -2.07. The van der Waals surface area contributed by atoms with Crippen LogP contribution >= 0.6 is 11.6 Å². The van der Waals surface area contributed by atoms with Gasteiger partial charge < -0.3 is 15.6 Å². The van der Waals surface area contributed by atoms with Crippen LogP contribution in [-0.2, 0) is 16.1 Å². The van der Waals surface area contributed by atoms with Gasteiger partial charge in [-0.15, -0.1) is 0 Å². The van der Waals surface area contributed by atoms with Gasteiger partial charge >= 0.3 is 6.03 Å². The largest absolute Gasteiger partial charge is 0.349 e. The first-order valence-electron chi connectivity index (χ1n) is 7.03. The molecule has 2 heterocycles. The number of imide groups is 1. The molecular formula is C14H14ClN5O3. The number of aromatic amines is 1. The zero-order valence-electron chi connectivity index (χ0n) is 12.0. The molecule has 120 valence electrons. The van der Waals surface area contributed by atoms with Gasteiger partial charge in [0.1, 0.15) is 11.9 Å². The molecule has 1 aromatic heterocycles. The number of halogens is 1. The second-order valence-corrected chi connectivity index (χ2v) is 5.61. The highest BCUT2D eigenvalue weighted by molar-refractivity contribution is 6.31. The fraction of sp³-hybridized carbons (Fsp3) is 0.286. The van der Waals surface area contributed by atoms with Crippen molar-refractivity contribution in [2.45, 2.75) is 25.4 Å². The first-order valence-corrected chi connectivity index (χ1v) is 7.41. The van der Waals surface area contributed by atoms with Crippen LogP contribution in [0.3, 0.4) is 0 Å². The minimum atomic E-state index is -0.651. The Kier molecular flexibility index (Phi) is 4.16. The van der Waals surface area contributed by atoms with Crippen molar-refractivity contribution in [1.82, 2.24) is 25.9 Å². The normalized spacial score (nSPS) is 17.2. The van der Waals surface area contributed by atoms with Crippen molar-refractivity contribution in [1.29, 1.82) is 0 Å². The zero-order chi connectivity index (χ0) is 16.4. The minimum Gasteiger partial charge on any atom is -0.349 e. The van der Waals surface area contributed by atoms with Gasteiger partial charge in [-0.2, -0.15) is 0 Å². The molecule has 0 aliphatic carbocycles. The van der Waals surface area contributed by atoms with Gasteiger partial charge in [-0.3, -0.25) is 14.9 Å². The Bertz CT molecular complexity index is 788. The van der Waals surface area contributed by atoms with Crippen LogP contribution in [0.2, 0.25) is 5.02 Å². The van der Waals surface area contributed by atoms with E-state index in [0.29, 0.717) is 10.8 Å². The van der Waals surface area contributed by atoms with Crippen LogP contribution in [0, 0.1) is 0 Å². The molecule has 4 amide bonds. The van der Waals surface area contributed by atoms with Crippen LogP contribution in [-0.4, -0.2) is 33.9 Å². The minimum absolute atomic E-state index is 0.129. The summed E-state index contributed by atoms with van der Waals surface area (Å²) in [5.41, 5.74) is 1.57. The Morgan fingerprint density at radius 2 is 2.17 bits per heavy atom. The van der Waals surface area contributed by atoms with Gasteiger partial charge in [0.25, 0.3) is 5.91 Å². The van der Waals surface area contributed by atoms with E-state index in [-0.39, 0.29) is 25.3 Å². The van der Waals surface area contributed by atoms with Crippen molar-refractivity contribution in [3.05, 3.63) is 29.0 Å². The zero-order valence-corrected chi connectivity index (χ0v) is 12.7. The highest BCUT2D eigenvalue weighted by Gasteiger charge is 2.29. The van der Waals surface area contributed by atoms with E-state index in [0.717, 1.165) is 11.0 Å². The van der Waals surface area contributed by atoms with Crippen molar-refractivity contribution >= 4 is 40.5 Å². The van der Waals surface area contributed by atoms with E-state index in [1.165, 1.54) is 0 Å². The second-order valence-electron chi connectivity index (χ2n) is 5.18. The number of urea groups is 1. The standard InChI is InChI=1S/C14H14ClN5O3/c15-7-1-2-8-10(5-7)18-11(17-8)6-16-12(21)4-3-9-13(22)20-14(23)19-9/h1-2,5,9H,3-4,6H2,(H,16,21)(H,17,18)(H2,19,20,22,23)/t9-/m0/s1. The summed E-state index contributed by atoms with van der Waals surface area (Å²) < 4.78 is 0. The topological polar surface area (TPSA) is 116 Å². The summed E-state index contributed by atoms with van der Waals surface area (Å²) in [4.78, 5) is 41.5. The van der Waals surface area contributed by atoms with Gasteiger partial charge in [-0.25, -0.2) is 9.78 Å². The third kappa shape index (κ3) is 3.59. The van der Waals surface area contributed by atoms with Crippen LogP contribution in [0.4, 0.5) is 4.79 Å². The van der Waals surface area contributed by atoms with E-state index in [9.17, 15) is 14.4 Å². The molecule has 1 atom stereocenters. The molecule has 0 bridgehead atoms. The Morgan fingerprint density at radius 3 is 2.91 bits per heavy atom. The molecule has 0 spiro atoms. The number of nitrogens with zero attached hydrogens (tertiary/aromatic N) is 1. The molecule has 1 fully saturated rings. The molecule has 1 saturated heterocycles. The van der Waals surface area contributed by atoms with Crippen molar-refractivity contribution in [2.75, 3.05) is 0 Å². The monoisotopic (exact) mass is 335 g/mol. The number of benzene rings is 1. The predicted octanol–water partition coefficient (Wildman–Crippen LogP) is 0.821. The molecule has 0 radical (unpaired) electrons. The van der Waals surface area contributed by atoms with E-state index >= 15 is 0 Å². The summed E-state index contributed by atoms with van der Waals surface area (Å²) in [6.07, 6.45) is 0.379. The van der Waals surface area contributed by atoms with E-state index in [1.807, 2.05) is 0 Å². The summed E-state index contributed by atoms with van der Waals surface area (Å²) in [6.45, 7) is 0.244. The summed E-state index contributed by atoms with van der Waals surface area (Å²) >= 11 is 5.90. The van der Waals surface area contributed by atoms with Gasteiger partial charge in [0, 0.05) is 11.4 Å². The Hall–Kier alpha value is -2.61. The fourth-order valence-corrected chi connectivity index (χ4v) is 2.50. The number of rotatable bonds is 5. The Labute approximate surface area is 136 Å². The second kappa shape index (κ2) is 6.25. The first kappa shape index (κ1) is 15.3. The number of amides is 4. The molecule has 1 aliphatic heterocycles. The van der Waals surface area contributed by atoms with Gasteiger partial charge in [0.2, 0.25) is 5.91 Å². The van der Waals surface area contributed by atoms with Crippen LogP contribution in [0.15, 0.2) is 18.2 Å². The molecular weight excluding hydrogens is 322 g/mol. The number of carbonyl (C=O) groups excluding carboxylic acids is 3. The summed E-state index contributed by atoms with van der Waals surface area (Å²) in [5.74, 6) is -0.0167. The maximum absolute atomic E-state index is 11.8. The van der Waals surface area contributed by atoms with E-state index in [1.54, 1.807) is 18.2 Å². The van der Waals surface area contributed by atoms with Crippen molar-refractivity contribution < 1.29 is 14.4 Å². The lowest BCUT2D eigenvalue weighted by molar-refractivity contribution is -0.122. The molecule has 1 aliphatic rings. The molecule has 4 N–H and O–H groups in total.